The Labute approximate surface area is 151 Å². The maximum atomic E-state index is 10.5. The van der Waals surface area contributed by atoms with Gasteiger partial charge in [0, 0.05) is 17.7 Å². The van der Waals surface area contributed by atoms with Gasteiger partial charge in [-0.1, -0.05) is 36.4 Å². The van der Waals surface area contributed by atoms with Crippen LogP contribution in [0.1, 0.15) is 49.8 Å². The maximum absolute atomic E-state index is 10.5. The molecule has 0 aliphatic carbocycles. The Morgan fingerprint density at radius 1 is 1.08 bits per heavy atom. The number of fused-ring (bicyclic) bond motifs is 1. The van der Waals surface area contributed by atoms with Crippen LogP contribution in [0.25, 0.3) is 0 Å². The SMILES string of the molecule is CC1(C)CCc2c(ccc(CNCCCCc3ccccc3)c2O)O1. The van der Waals surface area contributed by atoms with Gasteiger partial charge in [-0.2, -0.15) is 0 Å². The molecule has 0 spiro atoms. The van der Waals surface area contributed by atoms with E-state index in [1.807, 2.05) is 12.1 Å². The van der Waals surface area contributed by atoms with Crippen molar-refractivity contribution in [2.75, 3.05) is 6.54 Å². The second kappa shape index (κ2) is 7.92. The minimum absolute atomic E-state index is 0.141. The number of aryl methyl sites for hydroxylation is 1. The van der Waals surface area contributed by atoms with Gasteiger partial charge in [-0.25, -0.2) is 0 Å². The zero-order valence-electron chi connectivity index (χ0n) is 15.3. The lowest BCUT2D eigenvalue weighted by Gasteiger charge is -2.33. The van der Waals surface area contributed by atoms with Crippen molar-refractivity contribution in [3.05, 3.63) is 59.2 Å². The van der Waals surface area contributed by atoms with Gasteiger partial charge >= 0.3 is 0 Å². The number of ether oxygens (including phenoxy) is 1. The molecule has 0 amide bonds. The summed E-state index contributed by atoms with van der Waals surface area (Å²) in [5.41, 5.74) is 3.18. The molecule has 0 saturated carbocycles. The van der Waals surface area contributed by atoms with E-state index in [1.165, 1.54) is 12.0 Å². The standard InChI is InChI=1S/C22H29NO2/c1-22(2)14-13-19-20(25-22)12-11-18(21(19)24)16-23-15-7-6-10-17-8-4-3-5-9-17/h3-5,8-9,11-12,23-24H,6-7,10,13-16H2,1-2H3. The van der Waals surface area contributed by atoms with E-state index >= 15 is 0 Å². The highest BCUT2D eigenvalue weighted by molar-refractivity contribution is 5.50. The lowest BCUT2D eigenvalue weighted by Crippen LogP contribution is -2.32. The fraction of sp³-hybridized carbons (Fsp3) is 0.455. The molecule has 2 aromatic rings. The van der Waals surface area contributed by atoms with Gasteiger partial charge in [0.15, 0.2) is 0 Å². The van der Waals surface area contributed by atoms with E-state index in [1.54, 1.807) is 0 Å². The van der Waals surface area contributed by atoms with Gasteiger partial charge in [0.05, 0.1) is 0 Å². The molecule has 0 saturated heterocycles. The van der Waals surface area contributed by atoms with Crippen molar-refractivity contribution in [1.29, 1.82) is 0 Å². The van der Waals surface area contributed by atoms with E-state index < -0.39 is 0 Å². The van der Waals surface area contributed by atoms with E-state index in [0.717, 1.165) is 49.1 Å². The number of rotatable bonds is 7. The molecule has 0 unspecified atom stereocenters. The molecular weight excluding hydrogens is 310 g/mol. The number of nitrogens with one attached hydrogen (secondary N) is 1. The molecule has 3 heteroatoms. The molecule has 3 rings (SSSR count). The number of hydrogen-bond acceptors (Lipinski definition) is 3. The first-order valence-electron chi connectivity index (χ1n) is 9.32. The van der Waals surface area contributed by atoms with Crippen molar-refractivity contribution in [3.63, 3.8) is 0 Å². The molecule has 0 atom stereocenters. The fourth-order valence-corrected chi connectivity index (χ4v) is 3.37. The molecule has 1 aliphatic heterocycles. The van der Waals surface area contributed by atoms with Crippen LogP contribution in [0.15, 0.2) is 42.5 Å². The third-order valence-electron chi connectivity index (χ3n) is 4.91. The van der Waals surface area contributed by atoms with Crippen LogP contribution in [0.3, 0.4) is 0 Å². The lowest BCUT2D eigenvalue weighted by molar-refractivity contribution is 0.0836. The van der Waals surface area contributed by atoms with Crippen LogP contribution in [0.5, 0.6) is 11.5 Å². The second-order valence-corrected chi connectivity index (χ2v) is 7.53. The first-order valence-corrected chi connectivity index (χ1v) is 9.32. The summed E-state index contributed by atoms with van der Waals surface area (Å²) in [7, 11) is 0. The molecular formula is C22H29NO2. The number of phenolic OH excluding ortho intramolecular Hbond substituents is 1. The van der Waals surface area contributed by atoms with Crippen molar-refractivity contribution in [3.8, 4) is 11.5 Å². The molecule has 3 nitrogen and oxygen atoms in total. The molecule has 1 aliphatic rings. The van der Waals surface area contributed by atoms with Gasteiger partial charge in [0.25, 0.3) is 0 Å². The highest BCUT2D eigenvalue weighted by Crippen LogP contribution is 2.39. The molecule has 134 valence electrons. The van der Waals surface area contributed by atoms with Crippen LogP contribution in [0, 0.1) is 0 Å². The molecule has 0 bridgehead atoms. The highest BCUT2D eigenvalue weighted by Gasteiger charge is 2.28. The minimum Gasteiger partial charge on any atom is -0.507 e. The Morgan fingerprint density at radius 3 is 2.68 bits per heavy atom. The van der Waals surface area contributed by atoms with Crippen LogP contribution in [-0.4, -0.2) is 17.3 Å². The summed E-state index contributed by atoms with van der Waals surface area (Å²) in [5, 5.41) is 14.0. The summed E-state index contributed by atoms with van der Waals surface area (Å²) in [6.45, 7) is 5.86. The normalized spacial score (nSPS) is 15.4. The Hall–Kier alpha value is -2.00. The van der Waals surface area contributed by atoms with Gasteiger partial charge in [0.1, 0.15) is 17.1 Å². The minimum atomic E-state index is -0.141. The Morgan fingerprint density at radius 2 is 1.88 bits per heavy atom. The summed E-state index contributed by atoms with van der Waals surface area (Å²) in [6, 6.07) is 14.6. The second-order valence-electron chi connectivity index (χ2n) is 7.53. The van der Waals surface area contributed by atoms with Gasteiger partial charge in [-0.15, -0.1) is 0 Å². The van der Waals surface area contributed by atoms with Crippen molar-refractivity contribution < 1.29 is 9.84 Å². The molecule has 2 aromatic carbocycles. The molecule has 1 heterocycles. The summed E-state index contributed by atoms with van der Waals surface area (Å²) >= 11 is 0. The van der Waals surface area contributed by atoms with Gasteiger partial charge in [-0.3, -0.25) is 0 Å². The largest absolute Gasteiger partial charge is 0.507 e. The Bertz CT molecular complexity index is 695. The summed E-state index contributed by atoms with van der Waals surface area (Å²) in [6.07, 6.45) is 5.25. The molecule has 0 aromatic heterocycles. The van der Waals surface area contributed by atoms with Gasteiger partial charge < -0.3 is 15.2 Å². The predicted molar refractivity (Wildman–Crippen MR) is 102 cm³/mol. The zero-order valence-corrected chi connectivity index (χ0v) is 15.3. The highest BCUT2D eigenvalue weighted by atomic mass is 16.5. The average Bonchev–Trinajstić information content (AvgIpc) is 2.59. The summed E-state index contributed by atoms with van der Waals surface area (Å²) in [5.74, 6) is 1.24. The lowest BCUT2D eigenvalue weighted by atomic mass is 9.92. The third-order valence-corrected chi connectivity index (χ3v) is 4.91. The zero-order chi connectivity index (χ0) is 17.7. The van der Waals surface area contributed by atoms with Crippen LogP contribution in [0.4, 0.5) is 0 Å². The van der Waals surface area contributed by atoms with Crippen LogP contribution >= 0.6 is 0 Å². The molecule has 0 fully saturated rings. The Kier molecular flexibility index (Phi) is 5.64. The van der Waals surface area contributed by atoms with E-state index in [4.69, 9.17) is 4.74 Å². The van der Waals surface area contributed by atoms with E-state index in [2.05, 4.69) is 49.5 Å². The topological polar surface area (TPSA) is 41.5 Å². The van der Waals surface area contributed by atoms with Crippen molar-refractivity contribution in [2.45, 2.75) is 58.1 Å². The Balaban J connectivity index is 1.44. The van der Waals surface area contributed by atoms with Gasteiger partial charge in [-0.05, 0) is 64.1 Å². The number of phenols is 1. The molecule has 0 radical (unpaired) electrons. The maximum Gasteiger partial charge on any atom is 0.127 e. The van der Waals surface area contributed by atoms with E-state index in [9.17, 15) is 5.11 Å². The number of unbranched alkanes of at least 4 members (excludes halogenated alkanes) is 1. The first kappa shape index (κ1) is 17.8. The third kappa shape index (κ3) is 4.76. The summed E-state index contributed by atoms with van der Waals surface area (Å²) < 4.78 is 5.97. The van der Waals surface area contributed by atoms with E-state index in [-0.39, 0.29) is 5.60 Å². The molecule has 25 heavy (non-hydrogen) atoms. The van der Waals surface area contributed by atoms with Crippen LogP contribution in [0.2, 0.25) is 0 Å². The number of benzene rings is 2. The quantitative estimate of drug-likeness (QED) is 0.724. The number of hydrogen-bond donors (Lipinski definition) is 2. The smallest absolute Gasteiger partial charge is 0.127 e. The average molecular weight is 339 g/mol. The van der Waals surface area contributed by atoms with E-state index in [0.29, 0.717) is 12.3 Å². The first-order chi connectivity index (χ1) is 12.1. The predicted octanol–water partition coefficient (Wildman–Crippen LogP) is 4.61. The van der Waals surface area contributed by atoms with Crippen molar-refractivity contribution in [2.24, 2.45) is 0 Å². The van der Waals surface area contributed by atoms with Crippen molar-refractivity contribution >= 4 is 0 Å². The molecule has 2 N–H and O–H groups in total. The summed E-state index contributed by atoms with van der Waals surface area (Å²) in [4.78, 5) is 0. The number of aromatic hydroxyl groups is 1. The van der Waals surface area contributed by atoms with Crippen LogP contribution < -0.4 is 10.1 Å². The van der Waals surface area contributed by atoms with Crippen molar-refractivity contribution in [1.82, 2.24) is 5.32 Å². The van der Waals surface area contributed by atoms with Crippen LogP contribution in [-0.2, 0) is 19.4 Å². The monoisotopic (exact) mass is 339 g/mol. The fourth-order valence-electron chi connectivity index (χ4n) is 3.37. The van der Waals surface area contributed by atoms with Gasteiger partial charge in [0.2, 0.25) is 0 Å².